The molecule has 2 fully saturated rings. The summed E-state index contributed by atoms with van der Waals surface area (Å²) in [4.78, 5) is 26.3. The van der Waals surface area contributed by atoms with Gasteiger partial charge in [-0.3, -0.25) is 9.59 Å². The number of carbonyl (C=O) groups is 2. The molecule has 2 heterocycles. The highest BCUT2D eigenvalue weighted by Crippen LogP contribution is 2.34. The van der Waals surface area contributed by atoms with E-state index in [4.69, 9.17) is 5.73 Å². The molecule has 0 radical (unpaired) electrons. The number of fused-ring (bicyclic) bond motifs is 1. The monoisotopic (exact) mass is 432 g/mol. The summed E-state index contributed by atoms with van der Waals surface area (Å²) in [5, 5.41) is 6.11. The molecule has 0 aliphatic carbocycles. The molecule has 4 N–H and O–H groups in total. The van der Waals surface area contributed by atoms with Crippen molar-refractivity contribution in [2.75, 3.05) is 6.54 Å². The van der Waals surface area contributed by atoms with Gasteiger partial charge in [0.25, 0.3) is 0 Å². The van der Waals surface area contributed by atoms with Crippen LogP contribution in [0.25, 0.3) is 0 Å². The number of nitrogens with two attached hydrogens (primary N) is 1. The second-order valence-corrected chi connectivity index (χ2v) is 6.76. The van der Waals surface area contributed by atoms with E-state index >= 15 is 0 Å². The number of hydrogen-bond donors (Lipinski definition) is 3. The molecule has 6 nitrogen and oxygen atoms in total. The number of nitrogens with one attached hydrogen (secondary N) is 2. The molecule has 1 aromatic rings. The van der Waals surface area contributed by atoms with Gasteiger partial charge in [0.1, 0.15) is 6.04 Å². The smallest absolute Gasteiger partial charge is 0.245 e. The van der Waals surface area contributed by atoms with Gasteiger partial charge in [0.05, 0.1) is 12.6 Å². The Balaban J connectivity index is 0.00000138. The second-order valence-electron chi connectivity index (χ2n) is 6.76. The van der Waals surface area contributed by atoms with Crippen molar-refractivity contribution in [2.24, 2.45) is 5.73 Å². The van der Waals surface area contributed by atoms with Gasteiger partial charge >= 0.3 is 0 Å². The SMILES string of the molecule is C=C(NCc1ccccc1)[C@@H]1CC[C@@H]2CCC(NC(=O)CN)C(=O)N21.CC.CC.CC. The number of carbonyl (C=O) groups excluding carboxylic acids is 2. The Morgan fingerprint density at radius 3 is 2.19 bits per heavy atom. The van der Waals surface area contributed by atoms with Crippen LogP contribution in [0.15, 0.2) is 42.6 Å². The topological polar surface area (TPSA) is 87.5 Å². The first-order valence-electron chi connectivity index (χ1n) is 11.9. The third kappa shape index (κ3) is 8.37. The van der Waals surface area contributed by atoms with Gasteiger partial charge in [-0.2, -0.15) is 0 Å². The molecule has 0 spiro atoms. The van der Waals surface area contributed by atoms with Gasteiger partial charge < -0.3 is 21.3 Å². The number of benzene rings is 1. The molecule has 3 rings (SSSR count). The lowest BCUT2D eigenvalue weighted by molar-refractivity contribution is -0.141. The summed E-state index contributed by atoms with van der Waals surface area (Å²) in [5.41, 5.74) is 7.39. The normalized spacial score (nSPS) is 21.1. The summed E-state index contributed by atoms with van der Waals surface area (Å²) < 4.78 is 0. The highest BCUT2D eigenvalue weighted by atomic mass is 16.2. The van der Waals surface area contributed by atoms with Crippen molar-refractivity contribution in [1.82, 2.24) is 15.5 Å². The molecule has 31 heavy (non-hydrogen) atoms. The fourth-order valence-electron chi connectivity index (χ4n) is 3.82. The first-order valence-corrected chi connectivity index (χ1v) is 11.9. The standard InChI is InChI=1S/C19H26N4O2.3C2H6/c1-13(21-12-14-5-3-2-4-6-14)17-10-8-15-7-9-16(19(25)23(15)17)22-18(24)11-20;3*1-2/h2-6,15-17,21H,1,7-12,20H2,(H,22,24);3*1-2H3/t15-,16?,17-;;;/m0.../s1. The van der Waals surface area contributed by atoms with Gasteiger partial charge in [0, 0.05) is 18.3 Å². The van der Waals surface area contributed by atoms with Gasteiger partial charge in [-0.25, -0.2) is 0 Å². The Hall–Kier alpha value is -2.34. The number of piperidine rings is 1. The number of nitrogens with zero attached hydrogens (tertiary/aromatic N) is 1. The minimum Gasteiger partial charge on any atom is -0.383 e. The molecular formula is C25H44N4O2. The molecule has 1 aromatic carbocycles. The van der Waals surface area contributed by atoms with E-state index in [-0.39, 0.29) is 30.4 Å². The molecule has 2 aliphatic heterocycles. The quantitative estimate of drug-likeness (QED) is 0.635. The van der Waals surface area contributed by atoms with E-state index in [0.29, 0.717) is 13.0 Å². The largest absolute Gasteiger partial charge is 0.383 e. The molecule has 1 unspecified atom stereocenters. The third-order valence-corrected chi connectivity index (χ3v) is 5.13. The molecule has 6 heteroatoms. The van der Waals surface area contributed by atoms with Crippen LogP contribution in [0.2, 0.25) is 0 Å². The summed E-state index contributed by atoms with van der Waals surface area (Å²) in [5.74, 6) is -0.295. The fourth-order valence-corrected chi connectivity index (χ4v) is 3.82. The van der Waals surface area contributed by atoms with Gasteiger partial charge in [0.2, 0.25) is 11.8 Å². The van der Waals surface area contributed by atoms with Crippen molar-refractivity contribution in [3.8, 4) is 0 Å². The predicted octanol–water partition coefficient (Wildman–Crippen LogP) is 3.97. The number of hydrogen-bond acceptors (Lipinski definition) is 4. The van der Waals surface area contributed by atoms with Gasteiger partial charge in [0.15, 0.2) is 0 Å². The first kappa shape index (κ1) is 28.7. The lowest BCUT2D eigenvalue weighted by atomic mass is 9.98. The van der Waals surface area contributed by atoms with Gasteiger partial charge in [-0.05, 0) is 31.2 Å². The Bertz CT molecular complexity index is 648. The van der Waals surface area contributed by atoms with Crippen LogP contribution in [0.1, 0.15) is 72.8 Å². The summed E-state index contributed by atoms with van der Waals surface area (Å²) in [6.45, 7) is 16.8. The lowest BCUT2D eigenvalue weighted by Gasteiger charge is -2.39. The maximum Gasteiger partial charge on any atom is 0.245 e. The minimum absolute atomic E-state index is 0.0109. The molecule has 2 amide bonds. The van der Waals surface area contributed by atoms with Crippen LogP contribution in [0, 0.1) is 0 Å². The fraction of sp³-hybridized carbons (Fsp3) is 0.600. The molecule has 2 saturated heterocycles. The summed E-state index contributed by atoms with van der Waals surface area (Å²) in [7, 11) is 0. The third-order valence-electron chi connectivity index (χ3n) is 5.13. The Morgan fingerprint density at radius 2 is 1.61 bits per heavy atom. The van der Waals surface area contributed by atoms with Crippen molar-refractivity contribution in [1.29, 1.82) is 0 Å². The van der Waals surface area contributed by atoms with Crippen molar-refractivity contribution < 1.29 is 9.59 Å². The van der Waals surface area contributed by atoms with E-state index in [0.717, 1.165) is 25.0 Å². The van der Waals surface area contributed by atoms with Crippen molar-refractivity contribution in [3.05, 3.63) is 48.2 Å². The van der Waals surface area contributed by atoms with E-state index in [9.17, 15) is 9.59 Å². The van der Waals surface area contributed by atoms with E-state index in [1.165, 1.54) is 5.56 Å². The highest BCUT2D eigenvalue weighted by Gasteiger charge is 2.44. The van der Waals surface area contributed by atoms with Crippen LogP contribution in [-0.2, 0) is 16.1 Å². The zero-order valence-electron chi connectivity index (χ0n) is 20.4. The lowest BCUT2D eigenvalue weighted by Crippen LogP contribution is -2.57. The Labute approximate surface area is 189 Å². The molecule has 176 valence electrons. The van der Waals surface area contributed by atoms with E-state index in [2.05, 4.69) is 29.3 Å². The van der Waals surface area contributed by atoms with Crippen LogP contribution >= 0.6 is 0 Å². The molecule has 3 atom stereocenters. The van der Waals surface area contributed by atoms with E-state index in [1.54, 1.807) is 0 Å². The maximum atomic E-state index is 12.8. The summed E-state index contributed by atoms with van der Waals surface area (Å²) in [6, 6.07) is 9.88. The minimum atomic E-state index is -0.463. The maximum absolute atomic E-state index is 12.8. The molecule has 0 saturated carbocycles. The average Bonchev–Trinajstić information content (AvgIpc) is 3.29. The van der Waals surface area contributed by atoms with Crippen LogP contribution in [0.4, 0.5) is 0 Å². The zero-order valence-corrected chi connectivity index (χ0v) is 20.4. The van der Waals surface area contributed by atoms with Crippen LogP contribution in [0.3, 0.4) is 0 Å². The highest BCUT2D eigenvalue weighted by molar-refractivity contribution is 5.89. The predicted molar refractivity (Wildman–Crippen MR) is 130 cm³/mol. The Morgan fingerprint density at radius 1 is 1.03 bits per heavy atom. The second kappa shape index (κ2) is 16.4. The van der Waals surface area contributed by atoms with Crippen molar-refractivity contribution in [2.45, 2.75) is 91.9 Å². The number of rotatable bonds is 6. The Kier molecular flexibility index (Phi) is 15.1. The van der Waals surface area contributed by atoms with Gasteiger partial charge in [-0.15, -0.1) is 0 Å². The van der Waals surface area contributed by atoms with Gasteiger partial charge in [-0.1, -0.05) is 78.5 Å². The van der Waals surface area contributed by atoms with Crippen LogP contribution < -0.4 is 16.4 Å². The molecule has 0 bridgehead atoms. The molecule has 2 aliphatic rings. The molecular weight excluding hydrogens is 388 g/mol. The zero-order chi connectivity index (χ0) is 23.8. The van der Waals surface area contributed by atoms with E-state index < -0.39 is 6.04 Å². The molecule has 0 aromatic heterocycles. The van der Waals surface area contributed by atoms with Crippen LogP contribution in [0.5, 0.6) is 0 Å². The summed E-state index contributed by atoms with van der Waals surface area (Å²) >= 11 is 0. The van der Waals surface area contributed by atoms with Crippen LogP contribution in [-0.4, -0.2) is 41.4 Å². The first-order chi connectivity index (χ1) is 15.1. The van der Waals surface area contributed by atoms with Crippen molar-refractivity contribution >= 4 is 11.8 Å². The van der Waals surface area contributed by atoms with E-state index in [1.807, 2.05) is 64.6 Å². The van der Waals surface area contributed by atoms with Crippen molar-refractivity contribution in [3.63, 3.8) is 0 Å². The number of amides is 2. The average molecular weight is 433 g/mol. The summed E-state index contributed by atoms with van der Waals surface area (Å²) in [6.07, 6.45) is 3.49.